The molecule has 2 aromatic rings. The van der Waals surface area contributed by atoms with E-state index in [1.165, 1.54) is 75.0 Å². The predicted molar refractivity (Wildman–Crippen MR) is 164 cm³/mol. The molecule has 2 saturated heterocycles. The number of piperazine rings is 1. The number of benzene rings is 2. The maximum Gasteiger partial charge on any atom is 0.227 e. The summed E-state index contributed by atoms with van der Waals surface area (Å²) >= 11 is 0. The third kappa shape index (κ3) is 7.09. The van der Waals surface area contributed by atoms with Crippen molar-refractivity contribution in [2.24, 2.45) is 0 Å². The summed E-state index contributed by atoms with van der Waals surface area (Å²) < 4.78 is 5.88. The second kappa shape index (κ2) is 13.1. The summed E-state index contributed by atoms with van der Waals surface area (Å²) in [5.41, 5.74) is 5.18. The van der Waals surface area contributed by atoms with Crippen molar-refractivity contribution >= 4 is 5.91 Å². The van der Waals surface area contributed by atoms with Crippen LogP contribution in [0.3, 0.4) is 0 Å². The first-order valence-corrected chi connectivity index (χ1v) is 15.9. The van der Waals surface area contributed by atoms with E-state index in [0.29, 0.717) is 6.42 Å². The number of hydrogen-bond acceptors (Lipinski definition) is 4. The predicted octanol–water partition coefficient (Wildman–Crippen LogP) is 6.14. The fourth-order valence-electron chi connectivity index (χ4n) is 7.41. The second-order valence-corrected chi connectivity index (χ2v) is 13.1. The summed E-state index contributed by atoms with van der Waals surface area (Å²) in [4.78, 5) is 21.2. The highest BCUT2D eigenvalue weighted by Crippen LogP contribution is 2.40. The molecule has 1 aliphatic carbocycles. The molecule has 0 N–H and O–H groups in total. The molecule has 40 heavy (non-hydrogen) atoms. The Kier molecular flexibility index (Phi) is 9.53. The zero-order chi connectivity index (χ0) is 28.1. The maximum absolute atomic E-state index is 13.6. The van der Waals surface area contributed by atoms with E-state index >= 15 is 0 Å². The number of aryl methyl sites for hydroxylation is 2. The fourth-order valence-corrected chi connectivity index (χ4v) is 7.41. The van der Waals surface area contributed by atoms with Gasteiger partial charge in [0.25, 0.3) is 0 Å². The van der Waals surface area contributed by atoms with Gasteiger partial charge in [-0.05, 0) is 88.7 Å². The van der Waals surface area contributed by atoms with Crippen LogP contribution in [0.25, 0.3) is 0 Å². The molecule has 2 aliphatic heterocycles. The van der Waals surface area contributed by atoms with Gasteiger partial charge in [-0.3, -0.25) is 9.69 Å². The molecule has 3 aliphatic rings. The highest BCUT2D eigenvalue weighted by molar-refractivity contribution is 5.79. The molecule has 5 rings (SSSR count). The van der Waals surface area contributed by atoms with Crippen LogP contribution in [0.2, 0.25) is 0 Å². The lowest BCUT2D eigenvalue weighted by molar-refractivity contribution is -0.129. The van der Waals surface area contributed by atoms with E-state index in [1.54, 1.807) is 0 Å². The van der Waals surface area contributed by atoms with Gasteiger partial charge < -0.3 is 14.5 Å². The Balaban J connectivity index is 1.25. The van der Waals surface area contributed by atoms with Crippen molar-refractivity contribution in [1.29, 1.82) is 0 Å². The van der Waals surface area contributed by atoms with Crippen molar-refractivity contribution in [2.45, 2.75) is 96.6 Å². The van der Waals surface area contributed by atoms with E-state index in [-0.39, 0.29) is 17.4 Å². The SMILES string of the molecule is Cc1ccc(C)c(C2(CCN3CCN(C4CCCCC4)CC3)CCN(C(=O)Cc3cccc(OC(C)C)c3)C2)c1. The van der Waals surface area contributed by atoms with Gasteiger partial charge in [0, 0.05) is 50.7 Å². The normalized spacial score (nSPS) is 23.2. The highest BCUT2D eigenvalue weighted by atomic mass is 16.5. The monoisotopic (exact) mass is 545 g/mol. The summed E-state index contributed by atoms with van der Waals surface area (Å²) in [5, 5.41) is 0. The molecular formula is C35H51N3O2. The Morgan fingerprint density at radius 1 is 0.975 bits per heavy atom. The molecule has 0 aromatic heterocycles. The smallest absolute Gasteiger partial charge is 0.227 e. The molecule has 1 saturated carbocycles. The van der Waals surface area contributed by atoms with Crippen LogP contribution in [0.5, 0.6) is 5.75 Å². The van der Waals surface area contributed by atoms with E-state index in [9.17, 15) is 4.79 Å². The van der Waals surface area contributed by atoms with Crippen molar-refractivity contribution in [3.63, 3.8) is 0 Å². The lowest BCUT2D eigenvalue weighted by Gasteiger charge is -2.42. The van der Waals surface area contributed by atoms with Crippen LogP contribution in [-0.2, 0) is 16.6 Å². The average molecular weight is 546 g/mol. The summed E-state index contributed by atoms with van der Waals surface area (Å²) in [5.74, 6) is 1.07. The number of rotatable bonds is 9. The van der Waals surface area contributed by atoms with E-state index in [1.807, 2.05) is 38.1 Å². The molecule has 0 radical (unpaired) electrons. The topological polar surface area (TPSA) is 36.0 Å². The second-order valence-electron chi connectivity index (χ2n) is 13.1. The summed E-state index contributed by atoms with van der Waals surface area (Å²) in [6, 6.07) is 15.8. The average Bonchev–Trinajstić information content (AvgIpc) is 3.40. The third-order valence-electron chi connectivity index (χ3n) is 9.70. The molecule has 2 heterocycles. The van der Waals surface area contributed by atoms with Crippen LogP contribution < -0.4 is 4.74 Å². The quantitative estimate of drug-likeness (QED) is 0.379. The molecule has 2 aromatic carbocycles. The van der Waals surface area contributed by atoms with Crippen molar-refractivity contribution < 1.29 is 9.53 Å². The van der Waals surface area contributed by atoms with Crippen LogP contribution in [0.1, 0.15) is 81.0 Å². The Labute approximate surface area is 242 Å². The summed E-state index contributed by atoms with van der Waals surface area (Å²) in [6.07, 6.45) is 9.76. The van der Waals surface area contributed by atoms with E-state index < -0.39 is 0 Å². The minimum atomic E-state index is 0.0227. The Morgan fingerprint density at radius 3 is 2.50 bits per heavy atom. The van der Waals surface area contributed by atoms with E-state index in [0.717, 1.165) is 49.8 Å². The zero-order valence-electron chi connectivity index (χ0n) is 25.5. The Hall–Kier alpha value is -2.37. The minimum Gasteiger partial charge on any atom is -0.491 e. The third-order valence-corrected chi connectivity index (χ3v) is 9.70. The number of likely N-dealkylation sites (tertiary alicyclic amines) is 1. The van der Waals surface area contributed by atoms with Crippen LogP contribution in [0.4, 0.5) is 0 Å². The Bertz CT molecular complexity index is 1130. The lowest BCUT2D eigenvalue weighted by atomic mass is 9.74. The maximum atomic E-state index is 13.6. The molecule has 1 unspecified atom stereocenters. The van der Waals surface area contributed by atoms with Crippen molar-refractivity contribution in [1.82, 2.24) is 14.7 Å². The molecule has 0 spiro atoms. The fraction of sp³-hybridized carbons (Fsp3) is 0.629. The minimum absolute atomic E-state index is 0.0227. The zero-order valence-corrected chi connectivity index (χ0v) is 25.5. The molecule has 0 bridgehead atoms. The number of nitrogens with zero attached hydrogens (tertiary/aromatic N) is 3. The molecule has 1 atom stereocenters. The van der Waals surface area contributed by atoms with Crippen LogP contribution in [0.15, 0.2) is 42.5 Å². The van der Waals surface area contributed by atoms with E-state index in [2.05, 4.69) is 46.7 Å². The van der Waals surface area contributed by atoms with Gasteiger partial charge >= 0.3 is 0 Å². The lowest BCUT2D eigenvalue weighted by Crippen LogP contribution is -2.51. The molecule has 5 heteroatoms. The van der Waals surface area contributed by atoms with Gasteiger partial charge in [-0.25, -0.2) is 0 Å². The van der Waals surface area contributed by atoms with Gasteiger partial charge in [-0.15, -0.1) is 0 Å². The standard InChI is InChI=1S/C35H51N3O2/c1-27(2)40-32-12-8-9-30(24-32)25-34(39)38-18-16-35(26-38,33-23-28(3)13-14-29(33)4)15-17-36-19-21-37(22-20-36)31-10-6-5-7-11-31/h8-9,12-14,23-24,27,31H,5-7,10-11,15-22,25-26H2,1-4H3. The number of carbonyl (C=O) groups excluding carboxylic acids is 1. The molecule has 1 amide bonds. The first-order chi connectivity index (χ1) is 19.3. The molecule has 5 nitrogen and oxygen atoms in total. The van der Waals surface area contributed by atoms with Crippen molar-refractivity contribution in [2.75, 3.05) is 45.8 Å². The van der Waals surface area contributed by atoms with Crippen LogP contribution >= 0.6 is 0 Å². The van der Waals surface area contributed by atoms with Crippen LogP contribution in [-0.4, -0.2) is 78.6 Å². The largest absolute Gasteiger partial charge is 0.491 e. The van der Waals surface area contributed by atoms with Crippen LogP contribution in [0, 0.1) is 13.8 Å². The van der Waals surface area contributed by atoms with Gasteiger partial charge in [0.2, 0.25) is 5.91 Å². The van der Waals surface area contributed by atoms with Crippen molar-refractivity contribution in [3.05, 3.63) is 64.7 Å². The number of ether oxygens (including phenoxy) is 1. The molecule has 218 valence electrons. The van der Waals surface area contributed by atoms with E-state index in [4.69, 9.17) is 4.74 Å². The molecule has 3 fully saturated rings. The first-order valence-electron chi connectivity index (χ1n) is 15.9. The van der Waals surface area contributed by atoms with Gasteiger partial charge in [0.15, 0.2) is 0 Å². The van der Waals surface area contributed by atoms with Gasteiger partial charge in [-0.1, -0.05) is 55.2 Å². The molecular weight excluding hydrogens is 494 g/mol. The number of hydrogen-bond donors (Lipinski definition) is 0. The highest BCUT2D eigenvalue weighted by Gasteiger charge is 2.42. The Morgan fingerprint density at radius 2 is 1.75 bits per heavy atom. The number of carbonyl (C=O) groups is 1. The van der Waals surface area contributed by atoms with Crippen molar-refractivity contribution in [3.8, 4) is 5.75 Å². The summed E-state index contributed by atoms with van der Waals surface area (Å²) in [6.45, 7) is 16.1. The number of amides is 1. The summed E-state index contributed by atoms with van der Waals surface area (Å²) in [7, 11) is 0. The first kappa shape index (κ1) is 29.1. The van der Waals surface area contributed by atoms with Gasteiger partial charge in [0.05, 0.1) is 12.5 Å². The van der Waals surface area contributed by atoms with Gasteiger partial charge in [0.1, 0.15) is 5.75 Å². The van der Waals surface area contributed by atoms with Gasteiger partial charge in [-0.2, -0.15) is 0 Å².